The Kier molecular flexibility index (Phi) is 6.71. The van der Waals surface area contributed by atoms with E-state index in [1.165, 1.54) is 18.2 Å². The number of amides is 1. The lowest BCUT2D eigenvalue weighted by molar-refractivity contribution is 0.0950. The Morgan fingerprint density at radius 2 is 2.20 bits per heavy atom. The van der Waals surface area contributed by atoms with Gasteiger partial charge in [0, 0.05) is 25.1 Å². The van der Waals surface area contributed by atoms with Gasteiger partial charge in [0.1, 0.15) is 5.82 Å². The fourth-order valence-electron chi connectivity index (χ4n) is 1.52. The molecular formula is C15H19FN2O2. The summed E-state index contributed by atoms with van der Waals surface area (Å²) in [6, 6.07) is 3.91. The van der Waals surface area contributed by atoms with Crippen LogP contribution in [-0.4, -0.2) is 49.7 Å². The summed E-state index contributed by atoms with van der Waals surface area (Å²) in [4.78, 5) is 14.0. The number of aliphatic hydroxyl groups is 1. The number of aliphatic hydroxyl groups excluding tert-OH is 1. The Balaban J connectivity index is 2.83. The van der Waals surface area contributed by atoms with Crippen LogP contribution in [0.3, 0.4) is 0 Å². The predicted molar refractivity (Wildman–Crippen MR) is 75.9 cm³/mol. The normalized spacial score (nSPS) is 10.1. The predicted octanol–water partition coefficient (Wildman–Crippen LogP) is 0.851. The highest BCUT2D eigenvalue weighted by Crippen LogP contribution is 2.10. The minimum Gasteiger partial charge on any atom is -0.395 e. The van der Waals surface area contributed by atoms with Crippen molar-refractivity contribution < 1.29 is 14.3 Å². The Morgan fingerprint density at radius 3 is 2.85 bits per heavy atom. The van der Waals surface area contributed by atoms with Crippen LogP contribution in [0.4, 0.5) is 4.39 Å². The van der Waals surface area contributed by atoms with E-state index in [1.54, 1.807) is 0 Å². The van der Waals surface area contributed by atoms with Crippen molar-refractivity contribution in [1.29, 1.82) is 0 Å². The molecule has 108 valence electrons. The molecule has 0 atom stereocenters. The molecule has 0 unspecified atom stereocenters. The number of hydrogen-bond donors (Lipinski definition) is 2. The topological polar surface area (TPSA) is 52.6 Å². The molecular weight excluding hydrogens is 259 g/mol. The molecule has 1 rings (SSSR count). The molecule has 0 aliphatic carbocycles. The summed E-state index contributed by atoms with van der Waals surface area (Å²) in [6.07, 6.45) is 0.319. The number of nitrogens with one attached hydrogen (secondary N) is 1. The van der Waals surface area contributed by atoms with Gasteiger partial charge in [-0.1, -0.05) is 11.8 Å². The van der Waals surface area contributed by atoms with Crippen LogP contribution in [0, 0.1) is 17.7 Å². The summed E-state index contributed by atoms with van der Waals surface area (Å²) in [5.41, 5.74) is 0.677. The van der Waals surface area contributed by atoms with Crippen molar-refractivity contribution in [2.45, 2.75) is 6.42 Å². The first kappa shape index (κ1) is 16.2. The van der Waals surface area contributed by atoms with Crippen molar-refractivity contribution in [1.82, 2.24) is 10.2 Å². The largest absolute Gasteiger partial charge is 0.395 e. The van der Waals surface area contributed by atoms with E-state index in [-0.39, 0.29) is 18.1 Å². The van der Waals surface area contributed by atoms with Crippen LogP contribution < -0.4 is 5.32 Å². The van der Waals surface area contributed by atoms with Crippen molar-refractivity contribution >= 4 is 5.91 Å². The molecule has 0 aromatic heterocycles. The third-order valence-corrected chi connectivity index (χ3v) is 2.53. The van der Waals surface area contributed by atoms with E-state index in [0.717, 1.165) is 0 Å². The zero-order valence-electron chi connectivity index (χ0n) is 11.7. The van der Waals surface area contributed by atoms with Crippen molar-refractivity contribution in [3.05, 3.63) is 35.1 Å². The van der Waals surface area contributed by atoms with E-state index in [9.17, 15) is 9.18 Å². The first-order valence-corrected chi connectivity index (χ1v) is 6.37. The summed E-state index contributed by atoms with van der Waals surface area (Å²) >= 11 is 0. The first-order valence-electron chi connectivity index (χ1n) is 6.37. The van der Waals surface area contributed by atoms with Gasteiger partial charge in [-0.2, -0.15) is 0 Å². The molecule has 0 bridgehead atoms. The molecule has 0 aliphatic heterocycles. The maximum atomic E-state index is 13.3. The van der Waals surface area contributed by atoms with Crippen LogP contribution in [0.1, 0.15) is 22.3 Å². The maximum absolute atomic E-state index is 13.3. The zero-order valence-corrected chi connectivity index (χ0v) is 11.7. The maximum Gasteiger partial charge on any atom is 0.252 e. The minimum atomic E-state index is -0.476. The Bertz CT molecular complexity index is 518. The number of rotatable bonds is 5. The molecule has 0 radical (unpaired) electrons. The van der Waals surface area contributed by atoms with Gasteiger partial charge in [-0.15, -0.1) is 0 Å². The average Bonchev–Trinajstić information content (AvgIpc) is 2.40. The number of benzene rings is 1. The lowest BCUT2D eigenvalue weighted by atomic mass is 10.1. The molecule has 1 amide bonds. The summed E-state index contributed by atoms with van der Waals surface area (Å²) in [7, 11) is 3.81. The Labute approximate surface area is 118 Å². The van der Waals surface area contributed by atoms with E-state index in [1.807, 2.05) is 19.0 Å². The Hall–Kier alpha value is -1.90. The van der Waals surface area contributed by atoms with Gasteiger partial charge in [0.25, 0.3) is 5.91 Å². The van der Waals surface area contributed by atoms with Gasteiger partial charge in [-0.05, 0) is 32.3 Å². The SMILES string of the molecule is CN(C)CCNC(=O)c1cc(F)ccc1C#CCCO. The molecule has 4 nitrogen and oxygen atoms in total. The van der Waals surface area contributed by atoms with Gasteiger partial charge < -0.3 is 15.3 Å². The van der Waals surface area contributed by atoms with E-state index >= 15 is 0 Å². The van der Waals surface area contributed by atoms with Crippen LogP contribution >= 0.6 is 0 Å². The first-order chi connectivity index (χ1) is 9.54. The van der Waals surface area contributed by atoms with Gasteiger partial charge in [0.05, 0.1) is 12.2 Å². The number of nitrogens with zero attached hydrogens (tertiary/aromatic N) is 1. The standard InChI is InChI=1S/C15H19FN2O2/c1-18(2)9-8-17-15(20)14-11-13(16)7-6-12(14)5-3-4-10-19/h6-7,11,19H,4,8-10H2,1-2H3,(H,17,20). The highest BCUT2D eigenvalue weighted by atomic mass is 19.1. The van der Waals surface area contributed by atoms with Crippen molar-refractivity contribution in [3.8, 4) is 11.8 Å². The molecule has 0 saturated carbocycles. The van der Waals surface area contributed by atoms with Crippen molar-refractivity contribution in [3.63, 3.8) is 0 Å². The lowest BCUT2D eigenvalue weighted by Crippen LogP contribution is -2.31. The second kappa shape index (κ2) is 8.31. The van der Waals surface area contributed by atoms with Crippen LogP contribution in [0.5, 0.6) is 0 Å². The van der Waals surface area contributed by atoms with E-state index in [4.69, 9.17) is 5.11 Å². The van der Waals surface area contributed by atoms with Crippen LogP contribution in [0.15, 0.2) is 18.2 Å². The summed E-state index contributed by atoms with van der Waals surface area (Å²) in [5, 5.41) is 11.4. The quantitative estimate of drug-likeness (QED) is 0.785. The van der Waals surface area contributed by atoms with Crippen LogP contribution in [0.2, 0.25) is 0 Å². The molecule has 0 fully saturated rings. The third kappa shape index (κ3) is 5.39. The Morgan fingerprint density at radius 1 is 1.45 bits per heavy atom. The molecule has 0 spiro atoms. The molecule has 0 heterocycles. The molecule has 1 aromatic carbocycles. The highest BCUT2D eigenvalue weighted by molar-refractivity contribution is 5.96. The zero-order chi connectivity index (χ0) is 15.0. The van der Waals surface area contributed by atoms with E-state index in [2.05, 4.69) is 17.2 Å². The van der Waals surface area contributed by atoms with Gasteiger partial charge in [-0.3, -0.25) is 4.79 Å². The summed E-state index contributed by atoms with van der Waals surface area (Å²) in [6.45, 7) is 1.14. The van der Waals surface area contributed by atoms with Gasteiger partial charge >= 0.3 is 0 Å². The summed E-state index contributed by atoms with van der Waals surface area (Å²) in [5.74, 6) is 4.68. The molecule has 0 saturated heterocycles. The monoisotopic (exact) mass is 278 g/mol. The fourth-order valence-corrected chi connectivity index (χ4v) is 1.52. The van der Waals surface area contributed by atoms with Crippen LogP contribution in [0.25, 0.3) is 0 Å². The van der Waals surface area contributed by atoms with E-state index < -0.39 is 5.82 Å². The highest BCUT2D eigenvalue weighted by Gasteiger charge is 2.11. The number of carbonyl (C=O) groups excluding carboxylic acids is 1. The fraction of sp³-hybridized carbons (Fsp3) is 0.400. The second-order valence-electron chi connectivity index (χ2n) is 4.52. The van der Waals surface area contributed by atoms with Crippen LogP contribution in [-0.2, 0) is 0 Å². The molecule has 0 aliphatic rings. The smallest absolute Gasteiger partial charge is 0.252 e. The average molecular weight is 278 g/mol. The van der Waals surface area contributed by atoms with Gasteiger partial charge in [-0.25, -0.2) is 4.39 Å². The summed E-state index contributed by atoms with van der Waals surface area (Å²) < 4.78 is 13.3. The number of hydrogen-bond acceptors (Lipinski definition) is 3. The molecule has 20 heavy (non-hydrogen) atoms. The second-order valence-corrected chi connectivity index (χ2v) is 4.52. The minimum absolute atomic E-state index is 0.0431. The van der Waals surface area contributed by atoms with Crippen molar-refractivity contribution in [2.24, 2.45) is 0 Å². The van der Waals surface area contributed by atoms with Gasteiger partial charge in [0.15, 0.2) is 0 Å². The van der Waals surface area contributed by atoms with E-state index in [0.29, 0.717) is 25.1 Å². The number of likely N-dealkylation sites (N-methyl/N-ethyl adjacent to an activating group) is 1. The molecule has 1 aromatic rings. The van der Waals surface area contributed by atoms with Crippen molar-refractivity contribution in [2.75, 3.05) is 33.8 Å². The number of carbonyl (C=O) groups is 1. The lowest BCUT2D eigenvalue weighted by Gasteiger charge is -2.11. The number of halogens is 1. The molecule has 2 N–H and O–H groups in total. The third-order valence-electron chi connectivity index (χ3n) is 2.53. The molecule has 5 heteroatoms. The van der Waals surface area contributed by atoms with Gasteiger partial charge in [0.2, 0.25) is 0 Å².